The number of carbonyl (C=O) groups excluding carboxylic acids is 1. The maximum absolute atomic E-state index is 11.6. The average Bonchev–Trinajstić information content (AvgIpc) is 3.16. The van der Waals surface area contributed by atoms with Crippen LogP contribution in [0.25, 0.3) is 0 Å². The van der Waals surface area contributed by atoms with Gasteiger partial charge >= 0.3 is 0 Å². The van der Waals surface area contributed by atoms with Crippen molar-refractivity contribution < 1.29 is 9.53 Å². The van der Waals surface area contributed by atoms with Crippen LogP contribution in [0.5, 0.6) is 5.75 Å². The van der Waals surface area contributed by atoms with E-state index in [2.05, 4.69) is 22.8 Å². The van der Waals surface area contributed by atoms with E-state index < -0.39 is 0 Å². The summed E-state index contributed by atoms with van der Waals surface area (Å²) in [5.41, 5.74) is 2.75. The monoisotopic (exact) mass is 274 g/mol. The van der Waals surface area contributed by atoms with Crippen LogP contribution in [0.1, 0.15) is 42.9 Å². The van der Waals surface area contributed by atoms with Crippen LogP contribution in [0, 0.1) is 0 Å². The molecule has 20 heavy (non-hydrogen) atoms. The lowest BCUT2D eigenvalue weighted by Crippen LogP contribution is -2.26. The van der Waals surface area contributed by atoms with Crippen molar-refractivity contribution in [1.82, 2.24) is 10.6 Å². The highest BCUT2D eigenvalue weighted by Crippen LogP contribution is 2.33. The van der Waals surface area contributed by atoms with Crippen LogP contribution < -0.4 is 15.4 Å². The fourth-order valence-corrected chi connectivity index (χ4v) is 2.77. The molecule has 0 bridgehead atoms. The molecule has 1 aromatic rings. The van der Waals surface area contributed by atoms with Gasteiger partial charge in [0.05, 0.1) is 13.0 Å². The summed E-state index contributed by atoms with van der Waals surface area (Å²) in [5, 5.41) is 6.30. The van der Waals surface area contributed by atoms with Gasteiger partial charge in [0.25, 0.3) is 0 Å². The Kier molecular flexibility index (Phi) is 3.92. The Morgan fingerprint density at radius 1 is 1.35 bits per heavy atom. The molecule has 4 heteroatoms. The van der Waals surface area contributed by atoms with Crippen LogP contribution in [0.2, 0.25) is 0 Å². The van der Waals surface area contributed by atoms with Crippen LogP contribution in [0.3, 0.4) is 0 Å². The molecule has 108 valence electrons. The molecule has 1 saturated carbocycles. The molecule has 2 aliphatic rings. The van der Waals surface area contributed by atoms with Gasteiger partial charge in [0, 0.05) is 12.1 Å². The largest absolute Gasteiger partial charge is 0.493 e. The molecule has 3 rings (SSSR count). The van der Waals surface area contributed by atoms with Gasteiger partial charge < -0.3 is 15.4 Å². The van der Waals surface area contributed by atoms with Crippen LogP contribution in [0.15, 0.2) is 18.2 Å². The zero-order valence-corrected chi connectivity index (χ0v) is 11.9. The summed E-state index contributed by atoms with van der Waals surface area (Å²) in [6, 6.07) is 7.17. The molecule has 1 fully saturated rings. The Hall–Kier alpha value is -1.55. The fraction of sp³-hybridized carbons (Fsp3) is 0.562. The lowest BCUT2D eigenvalue weighted by molar-refractivity contribution is -0.121. The first-order valence-corrected chi connectivity index (χ1v) is 7.48. The summed E-state index contributed by atoms with van der Waals surface area (Å²) in [6.07, 6.45) is 4.94. The molecule has 0 saturated heterocycles. The minimum absolute atomic E-state index is 0.101. The molecule has 0 radical (unpaired) electrons. The Morgan fingerprint density at radius 2 is 2.20 bits per heavy atom. The minimum Gasteiger partial charge on any atom is -0.493 e. The van der Waals surface area contributed by atoms with Crippen molar-refractivity contribution in [3.8, 4) is 5.75 Å². The summed E-state index contributed by atoms with van der Waals surface area (Å²) in [5.74, 6) is 0.976. The number of rotatable bonds is 6. The van der Waals surface area contributed by atoms with E-state index in [1.807, 2.05) is 13.1 Å². The third-order valence-electron chi connectivity index (χ3n) is 4.08. The van der Waals surface area contributed by atoms with Crippen molar-refractivity contribution in [2.24, 2.45) is 0 Å². The smallest absolute Gasteiger partial charge is 0.223 e. The van der Waals surface area contributed by atoms with Gasteiger partial charge in [-0.15, -0.1) is 0 Å². The van der Waals surface area contributed by atoms with Crippen molar-refractivity contribution in [2.45, 2.75) is 44.2 Å². The molecule has 2 N–H and O–H groups in total. The van der Waals surface area contributed by atoms with Crippen LogP contribution in [-0.4, -0.2) is 25.6 Å². The molecule has 2 aliphatic carbocycles. The van der Waals surface area contributed by atoms with Gasteiger partial charge in [0.2, 0.25) is 5.91 Å². The lowest BCUT2D eigenvalue weighted by atomic mass is 10.1. The van der Waals surface area contributed by atoms with Crippen molar-refractivity contribution in [3.05, 3.63) is 29.3 Å². The summed E-state index contributed by atoms with van der Waals surface area (Å²) >= 11 is 0. The molecular weight excluding hydrogens is 252 g/mol. The quantitative estimate of drug-likeness (QED) is 0.833. The number of ether oxygens (including phenoxy) is 1. The first-order chi connectivity index (χ1) is 9.76. The van der Waals surface area contributed by atoms with Gasteiger partial charge in [-0.25, -0.2) is 0 Å². The molecule has 1 atom stereocenters. The summed E-state index contributed by atoms with van der Waals surface area (Å²) < 4.78 is 5.69. The predicted molar refractivity (Wildman–Crippen MR) is 77.8 cm³/mol. The van der Waals surface area contributed by atoms with Gasteiger partial charge in [-0.05, 0) is 56.0 Å². The van der Waals surface area contributed by atoms with Gasteiger partial charge in [-0.2, -0.15) is 0 Å². The van der Waals surface area contributed by atoms with E-state index in [0.29, 0.717) is 25.1 Å². The molecule has 0 heterocycles. The average molecular weight is 274 g/mol. The van der Waals surface area contributed by atoms with Crippen LogP contribution in [0.4, 0.5) is 0 Å². The normalized spacial score (nSPS) is 20.6. The summed E-state index contributed by atoms with van der Waals surface area (Å²) in [6.45, 7) is 0.451. The molecular formula is C16H22N2O2. The molecule has 4 nitrogen and oxygen atoms in total. The highest BCUT2D eigenvalue weighted by atomic mass is 16.5. The molecule has 0 aromatic heterocycles. The number of nitrogens with one attached hydrogen (secondary N) is 2. The zero-order chi connectivity index (χ0) is 13.9. The van der Waals surface area contributed by atoms with E-state index in [1.54, 1.807) is 0 Å². The van der Waals surface area contributed by atoms with Crippen molar-refractivity contribution in [3.63, 3.8) is 0 Å². The van der Waals surface area contributed by atoms with Crippen molar-refractivity contribution >= 4 is 5.91 Å². The van der Waals surface area contributed by atoms with Gasteiger partial charge in [-0.3, -0.25) is 4.79 Å². The van der Waals surface area contributed by atoms with E-state index in [1.165, 1.54) is 11.1 Å². The Labute approximate surface area is 119 Å². The van der Waals surface area contributed by atoms with Crippen LogP contribution in [-0.2, 0) is 11.2 Å². The number of benzene rings is 1. The number of amides is 1. The number of carbonyl (C=O) groups is 1. The molecule has 0 aliphatic heterocycles. The number of fused-ring (bicyclic) bond motifs is 1. The van der Waals surface area contributed by atoms with Gasteiger partial charge in [0.1, 0.15) is 5.75 Å². The lowest BCUT2D eigenvalue weighted by Gasteiger charge is -2.11. The van der Waals surface area contributed by atoms with Crippen molar-refractivity contribution in [2.75, 3.05) is 13.7 Å². The van der Waals surface area contributed by atoms with Gasteiger partial charge in [0.15, 0.2) is 0 Å². The minimum atomic E-state index is 0.101. The second-order valence-electron chi connectivity index (χ2n) is 5.68. The van der Waals surface area contributed by atoms with E-state index in [4.69, 9.17) is 4.74 Å². The second-order valence-corrected chi connectivity index (χ2v) is 5.68. The Morgan fingerprint density at radius 3 is 2.95 bits per heavy atom. The van der Waals surface area contributed by atoms with E-state index >= 15 is 0 Å². The highest BCUT2D eigenvalue weighted by molar-refractivity contribution is 5.76. The van der Waals surface area contributed by atoms with E-state index in [9.17, 15) is 4.79 Å². The SMILES string of the molecule is CNC1CCc2cc(OCCC(=O)NC3CC3)ccc21. The maximum atomic E-state index is 11.6. The van der Waals surface area contributed by atoms with Crippen molar-refractivity contribution in [1.29, 1.82) is 0 Å². The number of hydrogen-bond donors (Lipinski definition) is 2. The fourth-order valence-electron chi connectivity index (χ4n) is 2.77. The van der Waals surface area contributed by atoms with Crippen LogP contribution >= 0.6 is 0 Å². The number of hydrogen-bond acceptors (Lipinski definition) is 3. The Balaban J connectivity index is 1.49. The first kappa shape index (κ1) is 13.4. The topological polar surface area (TPSA) is 50.4 Å². The number of aryl methyl sites for hydroxylation is 1. The molecule has 0 spiro atoms. The Bertz CT molecular complexity index is 497. The standard InChI is InChI=1S/C16H22N2O2/c1-17-15-7-2-11-10-13(5-6-14(11)15)20-9-8-16(19)18-12-3-4-12/h5-6,10,12,15,17H,2-4,7-9H2,1H3,(H,18,19). The maximum Gasteiger partial charge on any atom is 0.223 e. The third kappa shape index (κ3) is 3.12. The zero-order valence-electron chi connectivity index (χ0n) is 11.9. The third-order valence-corrected chi connectivity index (χ3v) is 4.08. The molecule has 1 amide bonds. The first-order valence-electron chi connectivity index (χ1n) is 7.48. The second kappa shape index (κ2) is 5.83. The summed E-state index contributed by atoms with van der Waals surface area (Å²) in [4.78, 5) is 11.6. The summed E-state index contributed by atoms with van der Waals surface area (Å²) in [7, 11) is 2.00. The van der Waals surface area contributed by atoms with E-state index in [0.717, 1.165) is 31.4 Å². The molecule has 1 unspecified atom stereocenters. The van der Waals surface area contributed by atoms with Gasteiger partial charge in [-0.1, -0.05) is 6.07 Å². The predicted octanol–water partition coefficient (Wildman–Crippen LogP) is 1.94. The van der Waals surface area contributed by atoms with E-state index in [-0.39, 0.29) is 5.91 Å². The highest BCUT2D eigenvalue weighted by Gasteiger charge is 2.23. The molecule has 1 aromatic carbocycles.